The molecule has 1 amide bonds. The summed E-state index contributed by atoms with van der Waals surface area (Å²) in [6.45, 7) is -0.567. The van der Waals surface area contributed by atoms with Gasteiger partial charge in [-0.25, -0.2) is 4.98 Å². The second kappa shape index (κ2) is 5.80. The predicted octanol–water partition coefficient (Wildman–Crippen LogP) is 2.01. The van der Waals surface area contributed by atoms with Crippen molar-refractivity contribution in [3.05, 3.63) is 32.6 Å². The number of rotatable bonds is 3. The molecule has 104 valence electrons. The van der Waals surface area contributed by atoms with Gasteiger partial charge in [0, 0.05) is 14.3 Å². The second-order valence-electron chi connectivity index (χ2n) is 3.87. The summed E-state index contributed by atoms with van der Waals surface area (Å²) in [6, 6.07) is 5.09. The number of hydrogen-bond donors (Lipinski definition) is 3. The van der Waals surface area contributed by atoms with Crippen molar-refractivity contribution in [2.45, 2.75) is 0 Å². The third-order valence-corrected chi connectivity index (χ3v) is 3.47. The van der Waals surface area contributed by atoms with Crippen molar-refractivity contribution >= 4 is 56.8 Å². The Kier molecular flexibility index (Phi) is 4.29. The van der Waals surface area contributed by atoms with Crippen LogP contribution in [0.1, 0.15) is 10.5 Å². The first-order valence-electron chi connectivity index (χ1n) is 5.38. The standard InChI is InChI=1S/C12H8ClIN2O4/c13-11-7-3-5(14)1-2-6(7)10(19)9(16-11)12(20)15-4-8(17)18/h1-3,19H,4H2,(H,15,20)(H,17,18). The molecule has 8 heteroatoms. The first-order chi connectivity index (χ1) is 9.40. The van der Waals surface area contributed by atoms with Crippen molar-refractivity contribution in [1.82, 2.24) is 10.3 Å². The zero-order valence-electron chi connectivity index (χ0n) is 9.85. The molecule has 6 nitrogen and oxygen atoms in total. The molecule has 0 saturated heterocycles. The summed E-state index contributed by atoms with van der Waals surface area (Å²) in [6.07, 6.45) is 0. The first-order valence-corrected chi connectivity index (χ1v) is 6.83. The number of carbonyl (C=O) groups is 2. The highest BCUT2D eigenvalue weighted by molar-refractivity contribution is 14.1. The number of hydrogen-bond acceptors (Lipinski definition) is 4. The number of carboxylic acids is 1. The van der Waals surface area contributed by atoms with E-state index in [1.807, 2.05) is 0 Å². The molecular weight excluding hydrogens is 398 g/mol. The van der Waals surface area contributed by atoms with Crippen molar-refractivity contribution < 1.29 is 19.8 Å². The lowest BCUT2D eigenvalue weighted by Crippen LogP contribution is -2.30. The van der Waals surface area contributed by atoms with E-state index in [9.17, 15) is 14.7 Å². The molecule has 0 aliphatic rings. The number of aromatic hydroxyl groups is 1. The molecule has 0 aliphatic heterocycles. The number of pyridine rings is 1. The third kappa shape index (κ3) is 2.93. The summed E-state index contributed by atoms with van der Waals surface area (Å²) in [5.41, 5.74) is -0.301. The van der Waals surface area contributed by atoms with E-state index in [-0.39, 0.29) is 16.6 Å². The van der Waals surface area contributed by atoms with Gasteiger partial charge >= 0.3 is 5.97 Å². The Hall–Kier alpha value is -1.61. The number of benzene rings is 1. The lowest BCUT2D eigenvalue weighted by Gasteiger charge is -2.09. The van der Waals surface area contributed by atoms with Gasteiger partial charge in [0.05, 0.1) is 0 Å². The van der Waals surface area contributed by atoms with Crippen LogP contribution >= 0.6 is 34.2 Å². The zero-order chi connectivity index (χ0) is 14.9. The lowest BCUT2D eigenvalue weighted by molar-refractivity contribution is -0.135. The van der Waals surface area contributed by atoms with E-state index in [4.69, 9.17) is 16.7 Å². The highest BCUT2D eigenvalue weighted by atomic mass is 127. The molecule has 0 aliphatic carbocycles. The third-order valence-electron chi connectivity index (χ3n) is 2.51. The largest absolute Gasteiger partial charge is 0.505 e. The molecular formula is C12H8ClIN2O4. The van der Waals surface area contributed by atoms with Gasteiger partial charge in [0.15, 0.2) is 11.4 Å². The molecule has 0 unspecified atom stereocenters. The van der Waals surface area contributed by atoms with Crippen molar-refractivity contribution in [2.75, 3.05) is 6.54 Å². The van der Waals surface area contributed by atoms with Crippen LogP contribution in [0.4, 0.5) is 0 Å². The maximum atomic E-state index is 11.8. The van der Waals surface area contributed by atoms with Crippen LogP contribution in [0, 0.1) is 3.57 Å². The van der Waals surface area contributed by atoms with Crippen LogP contribution < -0.4 is 5.32 Å². The number of carbonyl (C=O) groups excluding carboxylic acids is 1. The Labute approximate surface area is 131 Å². The van der Waals surface area contributed by atoms with Gasteiger partial charge in [-0.3, -0.25) is 9.59 Å². The molecule has 3 N–H and O–H groups in total. The fraction of sp³-hybridized carbons (Fsp3) is 0.0833. The molecule has 2 rings (SSSR count). The monoisotopic (exact) mass is 406 g/mol. The van der Waals surface area contributed by atoms with Crippen molar-refractivity contribution in [3.8, 4) is 5.75 Å². The van der Waals surface area contributed by atoms with E-state index in [0.29, 0.717) is 10.8 Å². The summed E-state index contributed by atoms with van der Waals surface area (Å²) in [5.74, 6) is -2.32. The molecule has 1 aromatic heterocycles. The highest BCUT2D eigenvalue weighted by Crippen LogP contribution is 2.32. The average Bonchev–Trinajstić information content (AvgIpc) is 2.40. The summed E-state index contributed by atoms with van der Waals surface area (Å²) < 4.78 is 0.904. The van der Waals surface area contributed by atoms with Gasteiger partial charge in [-0.1, -0.05) is 11.6 Å². The highest BCUT2D eigenvalue weighted by Gasteiger charge is 2.19. The van der Waals surface area contributed by atoms with E-state index >= 15 is 0 Å². The van der Waals surface area contributed by atoms with Crippen LogP contribution in [0.15, 0.2) is 18.2 Å². The minimum absolute atomic E-state index is 0.0665. The number of halogens is 2. The molecule has 0 radical (unpaired) electrons. The number of aliphatic carboxylic acids is 1. The van der Waals surface area contributed by atoms with Gasteiger partial charge < -0.3 is 15.5 Å². The molecule has 1 aromatic carbocycles. The maximum absolute atomic E-state index is 11.8. The van der Waals surface area contributed by atoms with E-state index in [1.165, 1.54) is 0 Å². The Morgan fingerprint density at radius 1 is 1.35 bits per heavy atom. The number of nitrogens with one attached hydrogen (secondary N) is 1. The molecule has 2 aromatic rings. The maximum Gasteiger partial charge on any atom is 0.322 e. The Bertz CT molecular complexity index is 720. The van der Waals surface area contributed by atoms with E-state index in [2.05, 4.69) is 32.9 Å². The molecule has 0 saturated carbocycles. The summed E-state index contributed by atoms with van der Waals surface area (Å²) in [7, 11) is 0. The number of amides is 1. The van der Waals surface area contributed by atoms with Gasteiger partial charge in [-0.05, 0) is 40.8 Å². The van der Waals surface area contributed by atoms with Crippen LogP contribution in [-0.2, 0) is 4.79 Å². The van der Waals surface area contributed by atoms with E-state index in [1.54, 1.807) is 18.2 Å². The molecule has 1 heterocycles. The Morgan fingerprint density at radius 3 is 2.70 bits per heavy atom. The number of nitrogens with zero attached hydrogens (tertiary/aromatic N) is 1. The minimum Gasteiger partial charge on any atom is -0.505 e. The topological polar surface area (TPSA) is 99.5 Å². The van der Waals surface area contributed by atoms with Crippen LogP contribution in [0.2, 0.25) is 5.15 Å². The lowest BCUT2D eigenvalue weighted by atomic mass is 10.1. The van der Waals surface area contributed by atoms with Crippen LogP contribution in [0.25, 0.3) is 10.8 Å². The number of fused-ring (bicyclic) bond motifs is 1. The van der Waals surface area contributed by atoms with Gasteiger partial charge in [0.1, 0.15) is 11.7 Å². The Balaban J connectivity index is 2.50. The summed E-state index contributed by atoms with van der Waals surface area (Å²) >= 11 is 8.08. The van der Waals surface area contributed by atoms with Crippen molar-refractivity contribution in [2.24, 2.45) is 0 Å². The van der Waals surface area contributed by atoms with Gasteiger partial charge in [0.2, 0.25) is 0 Å². The van der Waals surface area contributed by atoms with Gasteiger partial charge in [0.25, 0.3) is 5.91 Å². The average molecular weight is 407 g/mol. The van der Waals surface area contributed by atoms with E-state index < -0.39 is 18.4 Å². The molecule has 0 fully saturated rings. The summed E-state index contributed by atoms with van der Waals surface area (Å²) in [4.78, 5) is 26.0. The molecule has 0 atom stereocenters. The summed E-state index contributed by atoms with van der Waals surface area (Å²) in [5, 5.41) is 21.7. The molecule has 20 heavy (non-hydrogen) atoms. The smallest absolute Gasteiger partial charge is 0.322 e. The van der Waals surface area contributed by atoms with Gasteiger partial charge in [-0.15, -0.1) is 0 Å². The zero-order valence-corrected chi connectivity index (χ0v) is 12.8. The van der Waals surface area contributed by atoms with Crippen molar-refractivity contribution in [3.63, 3.8) is 0 Å². The van der Waals surface area contributed by atoms with Crippen LogP contribution in [-0.4, -0.2) is 33.6 Å². The second-order valence-corrected chi connectivity index (χ2v) is 5.47. The van der Waals surface area contributed by atoms with Crippen molar-refractivity contribution in [1.29, 1.82) is 0 Å². The van der Waals surface area contributed by atoms with E-state index in [0.717, 1.165) is 3.57 Å². The number of carboxylic acid groups (broad SMARTS) is 1. The first kappa shape index (κ1) is 14.8. The normalized spacial score (nSPS) is 10.5. The fourth-order valence-corrected chi connectivity index (χ4v) is 2.36. The van der Waals surface area contributed by atoms with Crippen LogP contribution in [0.5, 0.6) is 5.75 Å². The number of aromatic nitrogens is 1. The molecule has 0 bridgehead atoms. The van der Waals surface area contributed by atoms with Gasteiger partial charge in [-0.2, -0.15) is 0 Å². The quantitative estimate of drug-likeness (QED) is 0.535. The fourth-order valence-electron chi connectivity index (χ4n) is 1.63. The minimum atomic E-state index is -1.20. The SMILES string of the molecule is O=C(O)CNC(=O)c1nc(Cl)c2cc(I)ccc2c1O. The Morgan fingerprint density at radius 2 is 2.05 bits per heavy atom. The molecule has 0 spiro atoms. The van der Waals surface area contributed by atoms with Crippen LogP contribution in [0.3, 0.4) is 0 Å². The predicted molar refractivity (Wildman–Crippen MR) is 81.1 cm³/mol.